The zero-order valence-electron chi connectivity index (χ0n) is 76.7. The van der Waals surface area contributed by atoms with E-state index in [2.05, 4.69) is 86.3 Å². The Morgan fingerprint density at radius 3 is 1.20 bits per heavy atom. The number of aryl methyl sites for hydroxylation is 6. The molecule has 0 unspecified atom stereocenters. The lowest BCUT2D eigenvalue weighted by molar-refractivity contribution is 0.0797. The van der Waals surface area contributed by atoms with Crippen molar-refractivity contribution in [1.29, 1.82) is 0 Å². The first-order valence-electron chi connectivity index (χ1n) is 43.0. The van der Waals surface area contributed by atoms with Gasteiger partial charge in [0, 0.05) is 154 Å². The summed E-state index contributed by atoms with van der Waals surface area (Å²) in [5.41, 5.74) is 4.32. The van der Waals surface area contributed by atoms with E-state index < -0.39 is 80.6 Å². The summed E-state index contributed by atoms with van der Waals surface area (Å²) in [6, 6.07) is 39.3. The normalized spacial score (nSPS) is 12.6. The second-order valence-electron chi connectivity index (χ2n) is 28.5. The number of imidazole rings is 1. The summed E-state index contributed by atoms with van der Waals surface area (Å²) in [5, 5.41) is 30.7. The summed E-state index contributed by atoms with van der Waals surface area (Å²) in [5.74, 6) is 1.72. The summed E-state index contributed by atoms with van der Waals surface area (Å²) >= 11 is 0. The maximum absolute atomic E-state index is 13.9. The minimum atomic E-state index is -2.97. The van der Waals surface area contributed by atoms with Gasteiger partial charge in [-0.2, -0.15) is 44.2 Å². The Kier molecular flexibility index (Phi) is 22.4. The van der Waals surface area contributed by atoms with Gasteiger partial charge in [-0.1, -0.05) is 24.3 Å². The van der Waals surface area contributed by atoms with Crippen molar-refractivity contribution in [2.75, 3.05) is 42.1 Å². The van der Waals surface area contributed by atoms with Crippen LogP contribution in [-0.2, 0) is 28.1 Å². The van der Waals surface area contributed by atoms with Gasteiger partial charge in [-0.25, -0.2) is 60.0 Å². The molecule has 0 aliphatic carbocycles. The highest BCUT2D eigenvalue weighted by Crippen LogP contribution is 2.33. The average Bonchev–Trinajstić information content (AvgIpc) is 1.58. The number of hydrogen-bond acceptors (Lipinski definition) is 24. The van der Waals surface area contributed by atoms with E-state index in [0.29, 0.717) is 91.4 Å². The van der Waals surface area contributed by atoms with E-state index in [9.17, 15) is 63.9 Å². The molecule has 0 bridgehead atoms. The molecule has 0 saturated carbocycles. The number of halogens is 8. The highest BCUT2D eigenvalue weighted by molar-refractivity contribution is 5.95. The molecule has 18 aromatic rings. The minimum absolute atomic E-state index is 0.0134. The molecule has 0 aliphatic heterocycles. The standard InChI is InChI=1S/C24H21F2N7O.C23H21N7O.C21H15F4N5O3.C21H18F2N6O2/c1-4-27-20-10-9-17-22(30-20)21(14-5-7-18(23(25)26)28-12-14)24(34)33(31-17)15-6-8-16-19(11-15)32(3)13(2)29-16;1-4-24-20-10-9-19-22(26-20)21(15-6-5-14(2)25-12-15)23(31)30(28-19)17-7-8-18-16(11-17)13-29(3)27-18;1-29-9-12(3-7-17(29)31)30-21(32)18(11-2-4-14(20(24)25)26-8-11)19-13(28-30)5-6-16(27-19)33-10-15(22)23;1-3-24-16-8-7-14-19(26-16)18(12-4-6-15(20(22)23)25-10-12)21(31)29(27-14)13-5-9-17(30)28(2)11-13/h5-12,23H,4H2,1-3H3,(H,27,30);5-13H,4H2,1-3H3,(H,24,26);2-9,15,20H,10H2,1H3;4-11,20H,3H2,1-2H3,(H,24,26)/i;1D3,3D3,4D2;;. The number of pyridine rings is 10. The zero-order chi connectivity index (χ0) is 98.1. The summed E-state index contributed by atoms with van der Waals surface area (Å²) in [4.78, 5) is 116. The number of aromatic nitrogens is 22. The van der Waals surface area contributed by atoms with Crippen LogP contribution in [-0.4, -0.2) is 140 Å². The molecule has 0 amide bonds. The van der Waals surface area contributed by atoms with Crippen molar-refractivity contribution in [3.8, 4) is 73.1 Å². The molecular weight excluding hydrogens is 1680 g/mol. The Labute approximate surface area is 734 Å². The predicted molar refractivity (Wildman–Crippen MR) is 471 cm³/mol. The molecule has 2 aromatic carbocycles. The molecule has 0 radical (unpaired) electrons. The lowest BCUT2D eigenvalue weighted by Gasteiger charge is -2.13. The van der Waals surface area contributed by atoms with Gasteiger partial charge in [-0.3, -0.25) is 53.4 Å². The first-order valence-corrected chi connectivity index (χ1v) is 39.0. The molecule has 3 N–H and O–H groups in total. The van der Waals surface area contributed by atoms with Crippen LogP contribution in [0.5, 0.6) is 5.88 Å². The first-order chi connectivity index (χ1) is 65.1. The number of rotatable bonds is 20. The number of nitrogens with one attached hydrogen (secondary N) is 3. The van der Waals surface area contributed by atoms with E-state index in [0.717, 1.165) is 53.5 Å². The van der Waals surface area contributed by atoms with Crippen molar-refractivity contribution in [1.82, 2.24) is 107 Å². The van der Waals surface area contributed by atoms with Crippen molar-refractivity contribution >= 4 is 83.5 Å². The third-order valence-corrected chi connectivity index (χ3v) is 19.9. The maximum Gasteiger partial charge on any atom is 0.281 e. The van der Waals surface area contributed by atoms with Crippen LogP contribution in [0, 0.1) is 13.8 Å². The predicted octanol–water partition coefficient (Wildman–Crippen LogP) is 13.9. The van der Waals surface area contributed by atoms with Gasteiger partial charge >= 0.3 is 0 Å². The number of alkyl halides is 8. The SMILES string of the molecule is CCNc1ccc2nn(-c3ccc(=O)n(C)c3)c(=O)c(-c3ccc(C(F)F)nc3)c2n1.CCNc1ccc2nn(-c3ccc4nc(C)n(C)c4c3)c(=O)c(-c3ccc(C(F)F)nc3)c2n1.Cn1cc(-n2nc3ccc(OCC(F)F)nc3c(-c3ccc(C(F)F)nc3)c2=O)ccc1=O.[2H]C([2H])([2H])n1cc2cc(-n3nc4ccc(NC([2H])([2H])C([2H])([2H])[2H])nc4c(-c4ccc(C)nc4)c3=O)ccc2n1. The van der Waals surface area contributed by atoms with Crippen LogP contribution >= 0.6 is 0 Å². The van der Waals surface area contributed by atoms with Gasteiger partial charge in [0.1, 0.15) is 84.5 Å². The third-order valence-electron chi connectivity index (χ3n) is 19.9. The van der Waals surface area contributed by atoms with E-state index in [1.54, 1.807) is 74.6 Å². The van der Waals surface area contributed by atoms with Gasteiger partial charge in [0.15, 0.2) is 6.61 Å². The Hall–Kier alpha value is -16.3. The fourth-order valence-electron chi connectivity index (χ4n) is 13.6. The van der Waals surface area contributed by atoms with E-state index in [1.165, 1.54) is 137 Å². The highest BCUT2D eigenvalue weighted by atomic mass is 19.3. The summed E-state index contributed by atoms with van der Waals surface area (Å²) in [6.07, 6.45) is -1.60. The quantitative estimate of drug-likeness (QED) is 0.0597. The largest absolute Gasteiger partial charge is 0.472 e. The monoisotopic (exact) mass is 1770 g/mol. The Bertz CT molecular complexity index is 8070. The number of ether oxygens (including phenoxy) is 1. The van der Waals surface area contributed by atoms with Gasteiger partial charge in [0.05, 0.1) is 61.6 Å². The third kappa shape index (κ3) is 18.5. The highest BCUT2D eigenvalue weighted by Gasteiger charge is 2.26. The minimum Gasteiger partial charge on any atom is -0.472 e. The van der Waals surface area contributed by atoms with Crippen molar-refractivity contribution in [3.05, 3.63) is 292 Å². The van der Waals surface area contributed by atoms with Crippen LogP contribution < -0.4 is 54.0 Å². The van der Waals surface area contributed by atoms with Gasteiger partial charge in [0.25, 0.3) is 47.9 Å². The number of fused-ring (bicyclic) bond motifs is 6. The molecule has 0 spiro atoms. The molecule has 654 valence electrons. The molecule has 0 fully saturated rings. The van der Waals surface area contributed by atoms with Gasteiger partial charge in [-0.15, -0.1) is 0 Å². The van der Waals surface area contributed by atoms with E-state index >= 15 is 0 Å². The van der Waals surface area contributed by atoms with Gasteiger partial charge in [0.2, 0.25) is 17.0 Å². The first kappa shape index (κ1) is 77.5. The molecular formula is C89H75F8N25O7. The van der Waals surface area contributed by atoms with E-state index in [-0.39, 0.29) is 89.8 Å². The lowest BCUT2D eigenvalue weighted by atomic mass is 10.1. The van der Waals surface area contributed by atoms with Crippen LogP contribution in [0.4, 0.5) is 52.6 Å². The zero-order valence-corrected chi connectivity index (χ0v) is 68.7. The molecule has 18 rings (SSSR count). The van der Waals surface area contributed by atoms with Gasteiger partial charge in [-0.05, 0) is 150 Å². The fraction of sp³-hybridized carbons (Fsp3) is 0.191. The number of nitrogens with zero attached hydrogens (tertiary/aromatic N) is 22. The molecule has 0 atom stereocenters. The number of hydrogen-bond donors (Lipinski definition) is 3. The molecule has 0 saturated heterocycles. The Morgan fingerprint density at radius 2 is 0.806 bits per heavy atom. The summed E-state index contributed by atoms with van der Waals surface area (Å²) in [7, 11) is 4.97. The Balaban J connectivity index is 0.000000139. The number of benzene rings is 2. The average molecular weight is 1770 g/mol. The van der Waals surface area contributed by atoms with Crippen LogP contribution in [0.25, 0.3) is 133 Å². The van der Waals surface area contributed by atoms with Crippen molar-refractivity contribution < 1.29 is 50.8 Å². The maximum atomic E-state index is 13.9. The molecule has 0 aliphatic rings. The van der Waals surface area contributed by atoms with Gasteiger partial charge < -0.3 is 34.4 Å². The second-order valence-corrected chi connectivity index (χ2v) is 28.5. The van der Waals surface area contributed by atoms with Crippen LogP contribution in [0.3, 0.4) is 0 Å². The summed E-state index contributed by atoms with van der Waals surface area (Å²) in [6.45, 7) is -0.301. The smallest absolute Gasteiger partial charge is 0.281 e. The van der Waals surface area contributed by atoms with Crippen LogP contribution in [0.15, 0.2) is 230 Å². The lowest BCUT2D eigenvalue weighted by Crippen LogP contribution is -2.26. The molecule has 32 nitrogen and oxygen atoms in total. The van der Waals surface area contributed by atoms with Crippen molar-refractivity contribution in [2.24, 2.45) is 28.1 Å². The van der Waals surface area contributed by atoms with E-state index in [1.807, 2.05) is 44.5 Å². The molecule has 129 heavy (non-hydrogen) atoms. The van der Waals surface area contributed by atoms with Crippen molar-refractivity contribution in [3.63, 3.8) is 0 Å². The molecule has 40 heteroatoms. The Morgan fingerprint density at radius 1 is 0.411 bits per heavy atom. The second kappa shape index (κ2) is 37.2. The van der Waals surface area contributed by atoms with Crippen molar-refractivity contribution in [2.45, 2.75) is 60.2 Å². The number of anilines is 3. The fourth-order valence-corrected chi connectivity index (χ4v) is 13.6. The van der Waals surface area contributed by atoms with Crippen LogP contribution in [0.1, 0.15) is 79.5 Å². The van der Waals surface area contributed by atoms with E-state index in [4.69, 9.17) is 15.7 Å². The molecule has 16 aromatic heterocycles. The summed E-state index contributed by atoms with van der Waals surface area (Å²) < 4.78 is 179. The molecule has 16 heterocycles. The topological polar surface area (TPSA) is 368 Å². The van der Waals surface area contributed by atoms with Crippen LogP contribution in [0.2, 0.25) is 0 Å².